The minimum Gasteiger partial charge on any atom is -0.399 e. The van der Waals surface area contributed by atoms with E-state index in [4.69, 9.17) is 15.7 Å². The molecule has 1 aromatic carbocycles. The van der Waals surface area contributed by atoms with Crippen molar-refractivity contribution in [1.29, 1.82) is 5.26 Å². The Balaban J connectivity index is 1.85. The smallest absolute Gasteiger partial charge is 0.224 e. The van der Waals surface area contributed by atoms with Crippen LogP contribution < -0.4 is 11.1 Å². The average molecular weight is 273 g/mol. The number of anilines is 2. The summed E-state index contributed by atoms with van der Waals surface area (Å²) in [6.45, 7) is 2.70. The normalized spacial score (nSPS) is 20.8. The van der Waals surface area contributed by atoms with Gasteiger partial charge in [0.2, 0.25) is 5.91 Å². The van der Waals surface area contributed by atoms with Crippen LogP contribution in [0.5, 0.6) is 0 Å². The van der Waals surface area contributed by atoms with Crippen LogP contribution in [0.2, 0.25) is 0 Å². The first-order valence-electron chi connectivity index (χ1n) is 6.83. The van der Waals surface area contributed by atoms with Crippen LogP contribution in [0, 0.1) is 17.2 Å². The number of hydrogen-bond acceptors (Lipinski definition) is 4. The molecule has 3 N–H and O–H groups in total. The number of benzene rings is 1. The lowest BCUT2D eigenvalue weighted by Crippen LogP contribution is -2.33. The van der Waals surface area contributed by atoms with Gasteiger partial charge in [-0.2, -0.15) is 5.26 Å². The summed E-state index contributed by atoms with van der Waals surface area (Å²) in [4.78, 5) is 11.9. The predicted octanol–water partition coefficient (Wildman–Crippen LogP) is 2.28. The van der Waals surface area contributed by atoms with E-state index in [1.165, 1.54) is 0 Å². The van der Waals surface area contributed by atoms with Gasteiger partial charge in [-0.1, -0.05) is 0 Å². The summed E-state index contributed by atoms with van der Waals surface area (Å²) < 4.78 is 5.47. The third kappa shape index (κ3) is 3.49. The molecule has 2 rings (SSSR count). The highest BCUT2D eigenvalue weighted by Gasteiger charge is 2.31. The Morgan fingerprint density at radius 3 is 2.95 bits per heavy atom. The fraction of sp³-hybridized carbons (Fsp3) is 0.467. The first kappa shape index (κ1) is 14.4. The average Bonchev–Trinajstić information content (AvgIpc) is 2.38. The Labute approximate surface area is 118 Å². The van der Waals surface area contributed by atoms with E-state index in [0.717, 1.165) is 19.4 Å². The van der Waals surface area contributed by atoms with Gasteiger partial charge in [-0.3, -0.25) is 4.79 Å². The summed E-state index contributed by atoms with van der Waals surface area (Å²) in [6.07, 6.45) is 2.66. The number of nitrogen functional groups attached to an aromatic ring is 1. The fourth-order valence-corrected chi connectivity index (χ4v) is 2.44. The number of nitrogens with one attached hydrogen (secondary N) is 1. The molecule has 1 amide bonds. The highest BCUT2D eigenvalue weighted by molar-refractivity contribution is 5.92. The van der Waals surface area contributed by atoms with E-state index >= 15 is 0 Å². The van der Waals surface area contributed by atoms with Crippen molar-refractivity contribution in [2.45, 2.75) is 32.3 Å². The second-order valence-electron chi connectivity index (χ2n) is 5.08. The van der Waals surface area contributed by atoms with Crippen molar-refractivity contribution in [1.82, 2.24) is 0 Å². The standard InChI is InChI=1S/C15H19N3O2/c1-2-20-13-5-10(6-13)7-15(19)18-14-4-3-12(17)8-11(14)9-16/h3-4,8,10,13H,2,5-7,17H2,1H3,(H,18,19). The minimum atomic E-state index is -0.0637. The highest BCUT2D eigenvalue weighted by Crippen LogP contribution is 2.33. The Morgan fingerprint density at radius 1 is 1.55 bits per heavy atom. The van der Waals surface area contributed by atoms with Gasteiger partial charge in [0.15, 0.2) is 0 Å². The second kappa shape index (κ2) is 6.40. The molecule has 1 aliphatic carbocycles. The summed E-state index contributed by atoms with van der Waals surface area (Å²) in [7, 11) is 0. The molecule has 1 aliphatic rings. The first-order valence-corrected chi connectivity index (χ1v) is 6.83. The molecule has 0 atom stereocenters. The molecule has 106 valence electrons. The molecule has 0 bridgehead atoms. The Bertz CT molecular complexity index is 530. The van der Waals surface area contributed by atoms with Crippen molar-refractivity contribution < 1.29 is 9.53 Å². The largest absolute Gasteiger partial charge is 0.399 e. The van der Waals surface area contributed by atoms with Gasteiger partial charge in [-0.05, 0) is 43.9 Å². The number of ether oxygens (including phenoxy) is 1. The van der Waals surface area contributed by atoms with Crippen LogP contribution in [0.3, 0.4) is 0 Å². The zero-order valence-electron chi connectivity index (χ0n) is 11.6. The Morgan fingerprint density at radius 2 is 2.30 bits per heavy atom. The van der Waals surface area contributed by atoms with E-state index in [2.05, 4.69) is 5.32 Å². The van der Waals surface area contributed by atoms with E-state index in [9.17, 15) is 4.79 Å². The third-order valence-electron chi connectivity index (χ3n) is 3.51. The number of carbonyl (C=O) groups is 1. The molecule has 0 saturated heterocycles. The number of nitrogens with two attached hydrogens (primary N) is 1. The van der Waals surface area contributed by atoms with E-state index in [1.54, 1.807) is 18.2 Å². The third-order valence-corrected chi connectivity index (χ3v) is 3.51. The first-order chi connectivity index (χ1) is 9.62. The molecule has 1 fully saturated rings. The molecule has 0 spiro atoms. The van der Waals surface area contributed by atoms with Crippen LogP contribution in [0.15, 0.2) is 18.2 Å². The quantitative estimate of drug-likeness (QED) is 0.805. The fourth-order valence-electron chi connectivity index (χ4n) is 2.44. The molecular weight excluding hydrogens is 254 g/mol. The molecule has 0 radical (unpaired) electrons. The molecular formula is C15H19N3O2. The van der Waals surface area contributed by atoms with Crippen molar-refractivity contribution in [2.24, 2.45) is 5.92 Å². The number of nitrogens with zero attached hydrogens (tertiary/aromatic N) is 1. The van der Waals surface area contributed by atoms with Gasteiger partial charge in [-0.25, -0.2) is 0 Å². The molecule has 0 aliphatic heterocycles. The van der Waals surface area contributed by atoms with Crippen LogP contribution in [0.25, 0.3) is 0 Å². The maximum absolute atomic E-state index is 11.9. The van der Waals surface area contributed by atoms with Gasteiger partial charge in [0.25, 0.3) is 0 Å². The molecule has 20 heavy (non-hydrogen) atoms. The van der Waals surface area contributed by atoms with Crippen molar-refractivity contribution in [3.8, 4) is 6.07 Å². The van der Waals surface area contributed by atoms with Crippen LogP contribution in [-0.4, -0.2) is 18.6 Å². The molecule has 0 unspecified atom stereocenters. The van der Waals surface area contributed by atoms with E-state index in [0.29, 0.717) is 35.4 Å². The van der Waals surface area contributed by atoms with Gasteiger partial charge >= 0.3 is 0 Å². The van der Waals surface area contributed by atoms with Crippen molar-refractivity contribution in [3.63, 3.8) is 0 Å². The van der Waals surface area contributed by atoms with Crippen LogP contribution in [-0.2, 0) is 9.53 Å². The molecule has 1 aromatic rings. The van der Waals surface area contributed by atoms with Gasteiger partial charge in [0, 0.05) is 18.7 Å². The van der Waals surface area contributed by atoms with Crippen LogP contribution in [0.4, 0.5) is 11.4 Å². The lowest BCUT2D eigenvalue weighted by atomic mass is 9.80. The van der Waals surface area contributed by atoms with Gasteiger partial charge in [0.05, 0.1) is 17.4 Å². The van der Waals surface area contributed by atoms with Crippen molar-refractivity contribution >= 4 is 17.3 Å². The Kier molecular flexibility index (Phi) is 4.59. The monoisotopic (exact) mass is 273 g/mol. The number of hydrogen-bond donors (Lipinski definition) is 2. The van der Waals surface area contributed by atoms with Gasteiger partial charge in [0.1, 0.15) is 6.07 Å². The summed E-state index contributed by atoms with van der Waals surface area (Å²) >= 11 is 0. The number of nitriles is 1. The van der Waals surface area contributed by atoms with E-state index < -0.39 is 0 Å². The Hall–Kier alpha value is -2.06. The minimum absolute atomic E-state index is 0.0637. The molecule has 0 heterocycles. The molecule has 5 heteroatoms. The number of rotatable bonds is 5. The van der Waals surface area contributed by atoms with Crippen molar-refractivity contribution in [3.05, 3.63) is 23.8 Å². The molecule has 1 saturated carbocycles. The predicted molar refractivity (Wildman–Crippen MR) is 77.0 cm³/mol. The zero-order chi connectivity index (χ0) is 14.5. The summed E-state index contributed by atoms with van der Waals surface area (Å²) in [6, 6.07) is 6.93. The van der Waals surface area contributed by atoms with E-state index in [-0.39, 0.29) is 5.91 Å². The van der Waals surface area contributed by atoms with Gasteiger partial charge < -0.3 is 15.8 Å². The lowest BCUT2D eigenvalue weighted by molar-refractivity contribution is -0.119. The summed E-state index contributed by atoms with van der Waals surface area (Å²) in [5.41, 5.74) is 7.03. The maximum atomic E-state index is 11.9. The van der Waals surface area contributed by atoms with Crippen molar-refractivity contribution in [2.75, 3.05) is 17.7 Å². The maximum Gasteiger partial charge on any atom is 0.224 e. The summed E-state index contributed by atoms with van der Waals surface area (Å²) in [5.74, 6) is 0.317. The summed E-state index contributed by atoms with van der Waals surface area (Å²) in [5, 5.41) is 11.8. The van der Waals surface area contributed by atoms with Crippen LogP contribution in [0.1, 0.15) is 31.7 Å². The second-order valence-corrected chi connectivity index (χ2v) is 5.08. The van der Waals surface area contributed by atoms with Gasteiger partial charge in [-0.15, -0.1) is 0 Å². The topological polar surface area (TPSA) is 88.1 Å². The van der Waals surface area contributed by atoms with Crippen LogP contribution >= 0.6 is 0 Å². The van der Waals surface area contributed by atoms with E-state index in [1.807, 2.05) is 13.0 Å². The lowest BCUT2D eigenvalue weighted by Gasteiger charge is -2.34. The zero-order valence-corrected chi connectivity index (χ0v) is 11.6. The number of carbonyl (C=O) groups excluding carboxylic acids is 1. The molecule has 5 nitrogen and oxygen atoms in total. The molecule has 0 aromatic heterocycles. The highest BCUT2D eigenvalue weighted by atomic mass is 16.5. The SMILES string of the molecule is CCOC1CC(CC(=O)Nc2ccc(N)cc2C#N)C1. The number of amides is 1.